The highest BCUT2D eigenvalue weighted by atomic mass is 16.0. The Morgan fingerprint density at radius 1 is 1.57 bits per heavy atom. The van der Waals surface area contributed by atoms with E-state index in [9.17, 15) is 0 Å². The Morgan fingerprint density at radius 2 is 2.00 bits per heavy atom. The second kappa shape index (κ2) is 5.92. The molecule has 2 heteroatoms. The molecule has 0 spiro atoms. The first-order valence-electron chi connectivity index (χ1n) is 2.60. The average molecular weight is 105 g/mol. The maximum atomic E-state index is 3.83. The van der Waals surface area contributed by atoms with Gasteiger partial charge in [0.2, 0.25) is 0 Å². The van der Waals surface area contributed by atoms with Crippen molar-refractivity contribution < 1.29 is 11.2 Å². The van der Waals surface area contributed by atoms with Crippen LogP contribution in [-0.2, 0) is 0 Å². The first-order chi connectivity index (χ1) is 2.77. The summed E-state index contributed by atoms with van der Waals surface area (Å²) in [6.45, 7) is 4.32. The maximum Gasteiger partial charge on any atom is 0.0814 e. The molecule has 0 heterocycles. The minimum absolute atomic E-state index is 0. The Labute approximate surface area is 45.0 Å². The fourth-order valence-electron chi connectivity index (χ4n) is 0.493. The SMILES string of the molecule is CCCC(C)[NH3+].[OH-]. The van der Waals surface area contributed by atoms with Crippen LogP contribution in [0.1, 0.15) is 26.7 Å². The molecule has 1 atom stereocenters. The number of rotatable bonds is 2. The van der Waals surface area contributed by atoms with Gasteiger partial charge in [0.1, 0.15) is 0 Å². The van der Waals surface area contributed by atoms with E-state index >= 15 is 0 Å². The van der Waals surface area contributed by atoms with Crippen molar-refractivity contribution in [2.75, 3.05) is 0 Å². The summed E-state index contributed by atoms with van der Waals surface area (Å²) in [6, 6.07) is 0.648. The Kier molecular flexibility index (Phi) is 8.47. The largest absolute Gasteiger partial charge is 0.870 e. The van der Waals surface area contributed by atoms with Gasteiger partial charge in [0.05, 0.1) is 6.04 Å². The van der Waals surface area contributed by atoms with E-state index in [2.05, 4.69) is 19.6 Å². The third-order valence-corrected chi connectivity index (χ3v) is 0.781. The lowest BCUT2D eigenvalue weighted by atomic mass is 10.2. The molecular formula is C5H15NO. The fraction of sp³-hybridized carbons (Fsp3) is 1.00. The van der Waals surface area contributed by atoms with Gasteiger partial charge >= 0.3 is 0 Å². The maximum absolute atomic E-state index is 3.83. The molecule has 0 amide bonds. The summed E-state index contributed by atoms with van der Waals surface area (Å²) < 4.78 is 0. The molecule has 0 rings (SSSR count). The minimum Gasteiger partial charge on any atom is -0.870 e. The lowest BCUT2D eigenvalue weighted by Gasteiger charge is -1.93. The van der Waals surface area contributed by atoms with Crippen molar-refractivity contribution in [2.24, 2.45) is 0 Å². The summed E-state index contributed by atoms with van der Waals surface area (Å²) in [6.07, 6.45) is 2.53. The van der Waals surface area contributed by atoms with Gasteiger partial charge in [-0.25, -0.2) is 0 Å². The van der Waals surface area contributed by atoms with Crippen molar-refractivity contribution in [3.63, 3.8) is 0 Å². The van der Waals surface area contributed by atoms with E-state index in [1.165, 1.54) is 12.8 Å². The van der Waals surface area contributed by atoms with Crippen molar-refractivity contribution in [1.29, 1.82) is 0 Å². The van der Waals surface area contributed by atoms with Crippen molar-refractivity contribution in [1.82, 2.24) is 0 Å². The Hall–Kier alpha value is -0.0800. The second-order valence-electron chi connectivity index (χ2n) is 1.89. The zero-order chi connectivity index (χ0) is 4.99. The molecule has 0 fully saturated rings. The van der Waals surface area contributed by atoms with Gasteiger partial charge in [-0.15, -0.1) is 0 Å². The molecule has 0 aliphatic rings. The van der Waals surface area contributed by atoms with Crippen LogP contribution in [-0.4, -0.2) is 11.5 Å². The predicted octanol–water partition coefficient (Wildman–Crippen LogP) is 0.240. The summed E-state index contributed by atoms with van der Waals surface area (Å²) >= 11 is 0. The monoisotopic (exact) mass is 105 g/mol. The highest BCUT2D eigenvalue weighted by molar-refractivity contribution is 4.38. The molecule has 0 aromatic carbocycles. The van der Waals surface area contributed by atoms with E-state index in [1.807, 2.05) is 0 Å². The molecule has 0 bridgehead atoms. The zero-order valence-electron chi connectivity index (χ0n) is 5.15. The third-order valence-electron chi connectivity index (χ3n) is 0.781. The summed E-state index contributed by atoms with van der Waals surface area (Å²) in [5, 5.41) is 0. The Morgan fingerprint density at radius 3 is 2.00 bits per heavy atom. The van der Waals surface area contributed by atoms with Gasteiger partial charge in [0, 0.05) is 0 Å². The van der Waals surface area contributed by atoms with E-state index < -0.39 is 0 Å². The van der Waals surface area contributed by atoms with Gasteiger partial charge in [-0.1, -0.05) is 13.3 Å². The van der Waals surface area contributed by atoms with Crippen LogP contribution in [0.2, 0.25) is 0 Å². The Balaban J connectivity index is 0. The predicted molar refractivity (Wildman–Crippen MR) is 29.2 cm³/mol. The molecule has 0 radical (unpaired) electrons. The highest BCUT2D eigenvalue weighted by Crippen LogP contribution is 1.86. The molecule has 4 N–H and O–H groups in total. The molecule has 46 valence electrons. The molecule has 0 aliphatic carbocycles. The smallest absolute Gasteiger partial charge is 0.0814 e. The van der Waals surface area contributed by atoms with Gasteiger partial charge in [-0.3, -0.25) is 0 Å². The lowest BCUT2D eigenvalue weighted by molar-refractivity contribution is -0.415. The minimum atomic E-state index is 0. The van der Waals surface area contributed by atoms with Crippen LogP contribution in [0.15, 0.2) is 0 Å². The van der Waals surface area contributed by atoms with Crippen molar-refractivity contribution >= 4 is 0 Å². The standard InChI is InChI=1S/C5H13N.H2O/c1-3-4-5(2)6;/h5H,3-4,6H2,1-2H3;1H2. The van der Waals surface area contributed by atoms with Crippen LogP contribution < -0.4 is 5.73 Å². The topological polar surface area (TPSA) is 57.6 Å². The first kappa shape index (κ1) is 10.0. The summed E-state index contributed by atoms with van der Waals surface area (Å²) in [4.78, 5) is 0. The lowest BCUT2D eigenvalue weighted by Crippen LogP contribution is -2.58. The fourth-order valence-corrected chi connectivity index (χ4v) is 0.493. The normalized spacial score (nSPS) is 12.4. The summed E-state index contributed by atoms with van der Waals surface area (Å²) in [5.74, 6) is 0. The second-order valence-corrected chi connectivity index (χ2v) is 1.89. The molecule has 0 saturated heterocycles. The van der Waals surface area contributed by atoms with Gasteiger partial charge in [-0.2, -0.15) is 0 Å². The van der Waals surface area contributed by atoms with E-state index in [1.54, 1.807) is 0 Å². The van der Waals surface area contributed by atoms with Gasteiger partial charge in [0.25, 0.3) is 0 Å². The van der Waals surface area contributed by atoms with E-state index in [4.69, 9.17) is 0 Å². The zero-order valence-corrected chi connectivity index (χ0v) is 5.15. The average Bonchev–Trinajstić information content (AvgIpc) is 1.35. The van der Waals surface area contributed by atoms with Crippen LogP contribution in [0.25, 0.3) is 0 Å². The van der Waals surface area contributed by atoms with Gasteiger partial charge in [-0.05, 0) is 13.3 Å². The van der Waals surface area contributed by atoms with Crippen LogP contribution >= 0.6 is 0 Å². The third kappa shape index (κ3) is 10.7. The highest BCUT2D eigenvalue weighted by Gasteiger charge is 1.89. The van der Waals surface area contributed by atoms with Gasteiger partial charge in [0.15, 0.2) is 0 Å². The van der Waals surface area contributed by atoms with Gasteiger partial charge < -0.3 is 11.2 Å². The molecular weight excluding hydrogens is 90.1 g/mol. The Bertz CT molecular complexity index is 29.3. The number of hydrogen-bond acceptors (Lipinski definition) is 1. The molecule has 0 aromatic heterocycles. The van der Waals surface area contributed by atoms with E-state index in [-0.39, 0.29) is 5.48 Å². The molecule has 1 unspecified atom stereocenters. The van der Waals surface area contributed by atoms with Crippen molar-refractivity contribution in [3.05, 3.63) is 0 Å². The van der Waals surface area contributed by atoms with Crippen molar-refractivity contribution in [2.45, 2.75) is 32.7 Å². The van der Waals surface area contributed by atoms with E-state index in [0.29, 0.717) is 6.04 Å². The van der Waals surface area contributed by atoms with Crippen LogP contribution in [0.3, 0.4) is 0 Å². The quantitative estimate of drug-likeness (QED) is 0.537. The van der Waals surface area contributed by atoms with Crippen LogP contribution in [0.5, 0.6) is 0 Å². The molecule has 0 aromatic rings. The van der Waals surface area contributed by atoms with Crippen molar-refractivity contribution in [3.8, 4) is 0 Å². The molecule has 7 heavy (non-hydrogen) atoms. The molecule has 2 nitrogen and oxygen atoms in total. The molecule has 0 saturated carbocycles. The first-order valence-corrected chi connectivity index (χ1v) is 2.60. The summed E-state index contributed by atoms with van der Waals surface area (Å²) in [7, 11) is 0. The molecule has 0 aliphatic heterocycles. The number of hydrogen-bond donors (Lipinski definition) is 1. The van der Waals surface area contributed by atoms with E-state index in [0.717, 1.165) is 0 Å². The summed E-state index contributed by atoms with van der Waals surface area (Å²) in [5.41, 5.74) is 3.83. The number of quaternary nitrogens is 1. The van der Waals surface area contributed by atoms with Crippen LogP contribution in [0, 0.1) is 0 Å². The van der Waals surface area contributed by atoms with Crippen LogP contribution in [0.4, 0.5) is 0 Å².